The van der Waals surface area contributed by atoms with Gasteiger partial charge in [0, 0.05) is 39.6 Å². The van der Waals surface area contributed by atoms with E-state index in [9.17, 15) is 0 Å². The number of likely N-dealkylation sites (N-methyl/N-ethyl adjacent to an activating group) is 1. The molecule has 0 amide bonds. The summed E-state index contributed by atoms with van der Waals surface area (Å²) in [5.41, 5.74) is 0. The lowest BCUT2D eigenvalue weighted by Gasteiger charge is -2.17. The SMILES string of the molecule is CCNc1nc(N(C)CCOC)nc(-n2cccn2)n1. The zero-order valence-electron chi connectivity index (χ0n) is 11.9. The summed E-state index contributed by atoms with van der Waals surface area (Å²) in [6, 6.07) is 1.82. The molecule has 108 valence electrons. The molecule has 0 saturated carbocycles. The molecule has 8 heteroatoms. The maximum atomic E-state index is 5.07. The van der Waals surface area contributed by atoms with Crippen molar-refractivity contribution in [1.29, 1.82) is 0 Å². The lowest BCUT2D eigenvalue weighted by atomic mass is 10.6. The number of nitrogens with zero attached hydrogens (tertiary/aromatic N) is 6. The number of ether oxygens (including phenoxy) is 1. The molecule has 0 aromatic carbocycles. The Labute approximate surface area is 117 Å². The Morgan fingerprint density at radius 3 is 2.85 bits per heavy atom. The van der Waals surface area contributed by atoms with E-state index in [1.165, 1.54) is 0 Å². The van der Waals surface area contributed by atoms with Gasteiger partial charge in [0.1, 0.15) is 0 Å². The van der Waals surface area contributed by atoms with Gasteiger partial charge in [0.05, 0.1) is 6.61 Å². The molecule has 0 unspecified atom stereocenters. The first kappa shape index (κ1) is 14.2. The Hall–Kier alpha value is -2.22. The van der Waals surface area contributed by atoms with E-state index >= 15 is 0 Å². The summed E-state index contributed by atoms with van der Waals surface area (Å²) in [6.07, 6.45) is 3.48. The number of anilines is 2. The number of nitrogens with one attached hydrogen (secondary N) is 1. The first-order chi connectivity index (χ1) is 9.74. The highest BCUT2D eigenvalue weighted by atomic mass is 16.5. The molecule has 0 aliphatic heterocycles. The summed E-state index contributed by atoms with van der Waals surface area (Å²) in [6.45, 7) is 4.04. The number of aromatic nitrogens is 5. The van der Waals surface area contributed by atoms with Gasteiger partial charge in [-0.1, -0.05) is 0 Å². The van der Waals surface area contributed by atoms with Crippen molar-refractivity contribution in [3.63, 3.8) is 0 Å². The second-order valence-electron chi connectivity index (χ2n) is 4.15. The average molecular weight is 277 g/mol. The summed E-state index contributed by atoms with van der Waals surface area (Å²) in [7, 11) is 3.58. The van der Waals surface area contributed by atoms with E-state index in [2.05, 4.69) is 25.4 Å². The standard InChI is InChI=1S/C12H19N7O/c1-4-13-10-15-11(18(2)8-9-20-3)17-12(16-10)19-7-5-6-14-19/h5-7H,4,8-9H2,1-3H3,(H,13,15,16,17). The molecule has 2 rings (SSSR count). The zero-order valence-corrected chi connectivity index (χ0v) is 11.9. The summed E-state index contributed by atoms with van der Waals surface area (Å²) in [5.74, 6) is 1.60. The normalized spacial score (nSPS) is 10.6. The largest absolute Gasteiger partial charge is 0.383 e. The molecular formula is C12H19N7O. The van der Waals surface area contributed by atoms with E-state index in [4.69, 9.17) is 4.74 Å². The highest BCUT2D eigenvalue weighted by molar-refractivity contribution is 5.39. The van der Waals surface area contributed by atoms with Crippen LogP contribution in [0.15, 0.2) is 18.5 Å². The number of methoxy groups -OCH3 is 1. The molecule has 8 nitrogen and oxygen atoms in total. The summed E-state index contributed by atoms with van der Waals surface area (Å²) in [5, 5.41) is 7.24. The van der Waals surface area contributed by atoms with Gasteiger partial charge in [-0.3, -0.25) is 0 Å². The fourth-order valence-electron chi connectivity index (χ4n) is 1.58. The smallest absolute Gasteiger partial charge is 0.257 e. The molecular weight excluding hydrogens is 258 g/mol. The van der Waals surface area contributed by atoms with Gasteiger partial charge in [-0.15, -0.1) is 0 Å². The maximum absolute atomic E-state index is 5.07. The van der Waals surface area contributed by atoms with Crippen LogP contribution in [0, 0.1) is 0 Å². The van der Waals surface area contributed by atoms with Crippen molar-refractivity contribution in [3.8, 4) is 5.95 Å². The molecule has 20 heavy (non-hydrogen) atoms. The second kappa shape index (κ2) is 6.80. The average Bonchev–Trinajstić information content (AvgIpc) is 2.99. The van der Waals surface area contributed by atoms with E-state index in [0.717, 1.165) is 6.54 Å². The van der Waals surface area contributed by atoms with Crippen molar-refractivity contribution in [2.45, 2.75) is 6.92 Å². The van der Waals surface area contributed by atoms with E-state index < -0.39 is 0 Å². The summed E-state index contributed by atoms with van der Waals surface area (Å²) >= 11 is 0. The van der Waals surface area contributed by atoms with Gasteiger partial charge in [0.25, 0.3) is 5.95 Å². The predicted molar refractivity (Wildman–Crippen MR) is 76.3 cm³/mol. The van der Waals surface area contributed by atoms with Crippen molar-refractivity contribution in [1.82, 2.24) is 24.7 Å². The monoisotopic (exact) mass is 277 g/mol. The minimum atomic E-state index is 0.486. The zero-order chi connectivity index (χ0) is 14.4. The lowest BCUT2D eigenvalue weighted by molar-refractivity contribution is 0.206. The molecule has 0 fully saturated rings. The molecule has 0 bridgehead atoms. The minimum Gasteiger partial charge on any atom is -0.383 e. The van der Waals surface area contributed by atoms with Crippen molar-refractivity contribution < 1.29 is 4.74 Å². The van der Waals surface area contributed by atoms with E-state index in [1.54, 1.807) is 24.2 Å². The lowest BCUT2D eigenvalue weighted by Crippen LogP contribution is -2.25. The molecule has 0 aliphatic rings. The molecule has 0 aliphatic carbocycles. The van der Waals surface area contributed by atoms with E-state index in [1.807, 2.05) is 24.9 Å². The van der Waals surface area contributed by atoms with Crippen LogP contribution >= 0.6 is 0 Å². The van der Waals surface area contributed by atoms with Crippen LogP contribution in [0.2, 0.25) is 0 Å². The molecule has 2 heterocycles. The molecule has 1 N–H and O–H groups in total. The van der Waals surface area contributed by atoms with E-state index in [0.29, 0.717) is 31.0 Å². The molecule has 0 spiro atoms. The van der Waals surface area contributed by atoms with Crippen LogP contribution in [0.5, 0.6) is 0 Å². The van der Waals surface area contributed by atoms with Gasteiger partial charge in [0.15, 0.2) is 0 Å². The highest BCUT2D eigenvalue weighted by Crippen LogP contribution is 2.11. The Balaban J connectivity index is 2.31. The van der Waals surface area contributed by atoms with Gasteiger partial charge in [0.2, 0.25) is 11.9 Å². The maximum Gasteiger partial charge on any atom is 0.257 e. The van der Waals surface area contributed by atoms with Gasteiger partial charge in [-0.25, -0.2) is 4.68 Å². The fraction of sp³-hybridized carbons (Fsp3) is 0.500. The van der Waals surface area contributed by atoms with Gasteiger partial charge in [-0.2, -0.15) is 20.1 Å². The van der Waals surface area contributed by atoms with Crippen LogP contribution in [-0.2, 0) is 4.74 Å². The Kier molecular flexibility index (Phi) is 4.83. The van der Waals surface area contributed by atoms with Crippen LogP contribution in [0.4, 0.5) is 11.9 Å². The van der Waals surface area contributed by atoms with Crippen LogP contribution in [0.25, 0.3) is 5.95 Å². The fourth-order valence-corrected chi connectivity index (χ4v) is 1.58. The van der Waals surface area contributed by atoms with Crippen LogP contribution < -0.4 is 10.2 Å². The molecule has 0 radical (unpaired) electrons. The first-order valence-electron chi connectivity index (χ1n) is 6.44. The number of rotatable bonds is 7. The van der Waals surface area contributed by atoms with Crippen molar-refractivity contribution in [2.24, 2.45) is 0 Å². The Morgan fingerprint density at radius 2 is 2.20 bits per heavy atom. The third kappa shape index (κ3) is 3.41. The molecule has 0 atom stereocenters. The van der Waals surface area contributed by atoms with Gasteiger partial charge in [-0.05, 0) is 13.0 Å². The topological polar surface area (TPSA) is 81.0 Å². The molecule has 0 saturated heterocycles. The van der Waals surface area contributed by atoms with Crippen molar-refractivity contribution in [2.75, 3.05) is 44.1 Å². The number of hydrogen-bond donors (Lipinski definition) is 1. The van der Waals surface area contributed by atoms with Crippen LogP contribution in [0.1, 0.15) is 6.92 Å². The Bertz CT molecular complexity index is 529. The van der Waals surface area contributed by atoms with Gasteiger partial charge < -0.3 is 15.0 Å². The number of hydrogen-bond acceptors (Lipinski definition) is 7. The Morgan fingerprint density at radius 1 is 1.35 bits per heavy atom. The summed E-state index contributed by atoms with van der Waals surface area (Å²) in [4.78, 5) is 15.1. The quantitative estimate of drug-likeness (QED) is 0.792. The minimum absolute atomic E-state index is 0.486. The third-order valence-electron chi connectivity index (χ3n) is 2.63. The van der Waals surface area contributed by atoms with Crippen molar-refractivity contribution >= 4 is 11.9 Å². The van der Waals surface area contributed by atoms with Crippen LogP contribution in [0.3, 0.4) is 0 Å². The third-order valence-corrected chi connectivity index (χ3v) is 2.63. The highest BCUT2D eigenvalue weighted by Gasteiger charge is 2.11. The van der Waals surface area contributed by atoms with Crippen LogP contribution in [-0.4, -0.2) is 58.6 Å². The molecule has 2 aromatic rings. The predicted octanol–water partition coefficient (Wildman–Crippen LogP) is 0.572. The first-order valence-corrected chi connectivity index (χ1v) is 6.44. The second-order valence-corrected chi connectivity index (χ2v) is 4.15. The molecule has 2 aromatic heterocycles. The summed E-state index contributed by atoms with van der Waals surface area (Å²) < 4.78 is 6.68. The van der Waals surface area contributed by atoms with E-state index in [-0.39, 0.29) is 0 Å². The van der Waals surface area contributed by atoms with Crippen molar-refractivity contribution in [3.05, 3.63) is 18.5 Å². The van der Waals surface area contributed by atoms with Gasteiger partial charge >= 0.3 is 0 Å².